The smallest absolute Gasteiger partial charge is 0.270 e. The molecule has 1 unspecified atom stereocenters. The van der Waals surface area contributed by atoms with E-state index >= 15 is 0 Å². The number of non-ortho nitro benzene ring substituents is 1. The predicted octanol–water partition coefficient (Wildman–Crippen LogP) is 2.70. The minimum absolute atomic E-state index is 0.0719. The van der Waals surface area contributed by atoms with E-state index in [0.717, 1.165) is 5.56 Å². The number of carbonyl (C=O) groups excluding carboxylic acids is 1. The molecule has 0 spiro atoms. The third kappa shape index (κ3) is 3.52. The number of hydrogen-bond acceptors (Lipinski definition) is 5. The summed E-state index contributed by atoms with van der Waals surface area (Å²) in [4.78, 5) is 25.6. The molecule has 1 amide bonds. The van der Waals surface area contributed by atoms with Gasteiger partial charge in [-0.05, 0) is 24.6 Å². The van der Waals surface area contributed by atoms with E-state index in [-0.39, 0.29) is 17.6 Å². The Kier molecular flexibility index (Phi) is 5.18. The highest BCUT2D eigenvalue weighted by molar-refractivity contribution is 5.95. The largest absolute Gasteiger partial charge is 0.496 e. The molecule has 7 nitrogen and oxygen atoms in total. The Labute approximate surface area is 151 Å². The van der Waals surface area contributed by atoms with Crippen LogP contribution in [0, 0.1) is 17.0 Å². The van der Waals surface area contributed by atoms with Crippen LogP contribution in [0.25, 0.3) is 0 Å². The Morgan fingerprint density at radius 1 is 1.31 bits per heavy atom. The maximum atomic E-state index is 13.1. The Hall–Kier alpha value is -2.93. The number of piperazine rings is 1. The number of amides is 1. The normalized spacial score (nSPS) is 17.0. The molecule has 1 heterocycles. The van der Waals surface area contributed by atoms with Crippen molar-refractivity contribution in [3.63, 3.8) is 0 Å². The summed E-state index contributed by atoms with van der Waals surface area (Å²) < 4.78 is 5.45. The zero-order valence-electron chi connectivity index (χ0n) is 14.8. The van der Waals surface area contributed by atoms with Crippen molar-refractivity contribution in [2.24, 2.45) is 0 Å². The molecule has 1 fully saturated rings. The fourth-order valence-electron chi connectivity index (χ4n) is 3.32. The second kappa shape index (κ2) is 7.53. The Morgan fingerprint density at radius 2 is 2.08 bits per heavy atom. The summed E-state index contributed by atoms with van der Waals surface area (Å²) >= 11 is 0. The van der Waals surface area contributed by atoms with Crippen molar-refractivity contribution < 1.29 is 14.5 Å². The van der Waals surface area contributed by atoms with Crippen molar-refractivity contribution in [3.8, 4) is 5.75 Å². The monoisotopic (exact) mass is 355 g/mol. The van der Waals surface area contributed by atoms with Crippen LogP contribution in [0.1, 0.15) is 27.5 Å². The molecule has 0 radical (unpaired) electrons. The molecular formula is C19H21N3O4. The average Bonchev–Trinajstić information content (AvgIpc) is 2.66. The molecule has 0 bridgehead atoms. The number of benzene rings is 2. The number of aryl methyl sites for hydroxylation is 1. The van der Waals surface area contributed by atoms with Gasteiger partial charge in [0.1, 0.15) is 5.75 Å². The van der Waals surface area contributed by atoms with Crippen molar-refractivity contribution in [2.75, 3.05) is 26.7 Å². The van der Waals surface area contributed by atoms with E-state index in [4.69, 9.17) is 4.74 Å². The first-order chi connectivity index (χ1) is 12.5. The molecule has 136 valence electrons. The van der Waals surface area contributed by atoms with E-state index in [1.165, 1.54) is 12.1 Å². The van der Waals surface area contributed by atoms with Crippen molar-refractivity contribution in [2.45, 2.75) is 13.0 Å². The molecule has 26 heavy (non-hydrogen) atoms. The molecule has 1 saturated heterocycles. The number of nitro benzene ring substituents is 1. The number of rotatable bonds is 4. The summed E-state index contributed by atoms with van der Waals surface area (Å²) in [6, 6.07) is 11.9. The molecule has 1 atom stereocenters. The summed E-state index contributed by atoms with van der Waals surface area (Å²) in [7, 11) is 1.60. The number of nitrogens with zero attached hydrogens (tertiary/aromatic N) is 2. The summed E-state index contributed by atoms with van der Waals surface area (Å²) in [5, 5.41) is 14.4. The lowest BCUT2D eigenvalue weighted by Gasteiger charge is -2.37. The first kappa shape index (κ1) is 17.9. The molecule has 0 aromatic heterocycles. The van der Waals surface area contributed by atoms with Crippen LogP contribution in [0.4, 0.5) is 5.69 Å². The van der Waals surface area contributed by atoms with Crippen LogP contribution < -0.4 is 10.1 Å². The number of para-hydroxylation sites is 1. The minimum atomic E-state index is -0.473. The molecule has 1 N–H and O–H groups in total. The maximum Gasteiger partial charge on any atom is 0.270 e. The number of hydrogen-bond donors (Lipinski definition) is 1. The van der Waals surface area contributed by atoms with Gasteiger partial charge in [0.05, 0.1) is 18.1 Å². The zero-order chi connectivity index (χ0) is 18.7. The third-order valence-corrected chi connectivity index (χ3v) is 4.52. The standard InChI is InChI=1S/C19H21N3O4/c1-13-9-14(11-15(10-13)22(24)25)19(23)21-8-7-20-12-17(21)16-5-3-4-6-18(16)26-2/h3-6,9-11,17,20H,7-8,12H2,1-2H3. The Morgan fingerprint density at radius 3 is 2.81 bits per heavy atom. The van der Waals surface area contributed by atoms with Crippen LogP contribution in [0.5, 0.6) is 5.75 Å². The van der Waals surface area contributed by atoms with Crippen molar-refractivity contribution in [1.29, 1.82) is 0 Å². The van der Waals surface area contributed by atoms with Crippen LogP contribution in [0.3, 0.4) is 0 Å². The topological polar surface area (TPSA) is 84.7 Å². The van der Waals surface area contributed by atoms with E-state index in [9.17, 15) is 14.9 Å². The van der Waals surface area contributed by atoms with Crippen LogP contribution in [-0.2, 0) is 0 Å². The molecule has 0 saturated carbocycles. The second-order valence-electron chi connectivity index (χ2n) is 6.27. The summed E-state index contributed by atoms with van der Waals surface area (Å²) in [6.45, 7) is 3.54. The predicted molar refractivity (Wildman–Crippen MR) is 97.5 cm³/mol. The fraction of sp³-hybridized carbons (Fsp3) is 0.316. The van der Waals surface area contributed by atoms with Gasteiger partial charge in [-0.2, -0.15) is 0 Å². The highest BCUT2D eigenvalue weighted by Crippen LogP contribution is 2.31. The van der Waals surface area contributed by atoms with Gasteiger partial charge in [0.2, 0.25) is 0 Å². The van der Waals surface area contributed by atoms with Gasteiger partial charge >= 0.3 is 0 Å². The quantitative estimate of drug-likeness (QED) is 0.673. The number of methoxy groups -OCH3 is 1. The lowest BCUT2D eigenvalue weighted by Crippen LogP contribution is -2.48. The highest BCUT2D eigenvalue weighted by atomic mass is 16.6. The highest BCUT2D eigenvalue weighted by Gasteiger charge is 2.31. The maximum absolute atomic E-state index is 13.1. The molecule has 1 aliphatic rings. The van der Waals surface area contributed by atoms with Gasteiger partial charge in [-0.15, -0.1) is 0 Å². The van der Waals surface area contributed by atoms with Gasteiger partial charge in [0.15, 0.2) is 0 Å². The molecule has 2 aromatic carbocycles. The molecule has 0 aliphatic carbocycles. The average molecular weight is 355 g/mol. The number of ether oxygens (including phenoxy) is 1. The first-order valence-corrected chi connectivity index (χ1v) is 8.42. The number of carbonyl (C=O) groups is 1. The van der Waals surface area contributed by atoms with E-state index in [2.05, 4.69) is 5.32 Å². The summed E-state index contributed by atoms with van der Waals surface area (Å²) in [5.74, 6) is 0.503. The molecule has 3 rings (SSSR count). The van der Waals surface area contributed by atoms with Crippen LogP contribution in [0.2, 0.25) is 0 Å². The van der Waals surface area contributed by atoms with Gasteiger partial charge in [-0.25, -0.2) is 0 Å². The van der Waals surface area contributed by atoms with Gasteiger partial charge < -0.3 is 15.0 Å². The lowest BCUT2D eigenvalue weighted by molar-refractivity contribution is -0.384. The summed E-state index contributed by atoms with van der Waals surface area (Å²) in [6.07, 6.45) is 0. The SMILES string of the molecule is COc1ccccc1C1CNCCN1C(=O)c1cc(C)cc([N+](=O)[O-])c1. The number of nitrogens with one attached hydrogen (secondary N) is 1. The van der Waals surface area contributed by atoms with Gasteiger partial charge in [0.25, 0.3) is 11.6 Å². The zero-order valence-corrected chi connectivity index (χ0v) is 14.8. The third-order valence-electron chi connectivity index (χ3n) is 4.52. The van der Waals surface area contributed by atoms with E-state index < -0.39 is 4.92 Å². The molecule has 2 aromatic rings. The van der Waals surface area contributed by atoms with Crippen molar-refractivity contribution in [3.05, 3.63) is 69.3 Å². The van der Waals surface area contributed by atoms with Crippen molar-refractivity contribution >= 4 is 11.6 Å². The van der Waals surface area contributed by atoms with Crippen molar-refractivity contribution in [1.82, 2.24) is 10.2 Å². The van der Waals surface area contributed by atoms with Gasteiger partial charge in [0, 0.05) is 42.9 Å². The van der Waals surface area contributed by atoms with Crippen LogP contribution in [-0.4, -0.2) is 42.5 Å². The summed E-state index contributed by atoms with van der Waals surface area (Å²) in [5.41, 5.74) is 1.86. The van der Waals surface area contributed by atoms with Crippen LogP contribution in [0.15, 0.2) is 42.5 Å². The van der Waals surface area contributed by atoms with Gasteiger partial charge in [-0.3, -0.25) is 14.9 Å². The Bertz CT molecular complexity index is 837. The van der Waals surface area contributed by atoms with E-state index in [0.29, 0.717) is 36.5 Å². The molecule has 1 aliphatic heterocycles. The lowest BCUT2D eigenvalue weighted by atomic mass is 10.00. The molecular weight excluding hydrogens is 334 g/mol. The van der Waals surface area contributed by atoms with E-state index in [1.807, 2.05) is 24.3 Å². The molecule has 7 heteroatoms. The van der Waals surface area contributed by atoms with Crippen LogP contribution >= 0.6 is 0 Å². The van der Waals surface area contributed by atoms with E-state index in [1.54, 1.807) is 25.0 Å². The first-order valence-electron chi connectivity index (χ1n) is 8.42. The number of nitro groups is 1. The second-order valence-corrected chi connectivity index (χ2v) is 6.27. The minimum Gasteiger partial charge on any atom is -0.496 e. The van der Waals surface area contributed by atoms with Gasteiger partial charge in [-0.1, -0.05) is 18.2 Å². The Balaban J connectivity index is 1.98. The fourth-order valence-corrected chi connectivity index (χ4v) is 3.32.